The van der Waals surface area contributed by atoms with Crippen LogP contribution < -0.4 is 4.72 Å². The molecule has 0 saturated carbocycles. The lowest BCUT2D eigenvalue weighted by Crippen LogP contribution is -2.43. The molecule has 1 N–H and O–H groups in total. The third kappa shape index (κ3) is 3.93. The summed E-state index contributed by atoms with van der Waals surface area (Å²) in [4.78, 5) is 2.21. The molecule has 6 heteroatoms. The summed E-state index contributed by atoms with van der Waals surface area (Å²) in [6, 6.07) is 0.124. The molecular formula is C7H15BrN2O2S. The predicted molar refractivity (Wildman–Crippen MR) is 56.4 cm³/mol. The predicted octanol–water partition coefficient (Wildman–Crippen LogP) is 0.352. The van der Waals surface area contributed by atoms with Gasteiger partial charge in [-0.1, -0.05) is 15.9 Å². The smallest absolute Gasteiger partial charge is 0.221 e. The Morgan fingerprint density at radius 3 is 2.46 bits per heavy atom. The molecule has 0 unspecified atom stereocenters. The Morgan fingerprint density at radius 1 is 1.46 bits per heavy atom. The van der Waals surface area contributed by atoms with Gasteiger partial charge in [0.15, 0.2) is 0 Å². The van der Waals surface area contributed by atoms with Gasteiger partial charge in [-0.2, -0.15) is 0 Å². The van der Waals surface area contributed by atoms with Gasteiger partial charge in [0.2, 0.25) is 10.0 Å². The molecule has 4 nitrogen and oxygen atoms in total. The van der Waals surface area contributed by atoms with Crippen LogP contribution >= 0.6 is 15.9 Å². The molecular weight excluding hydrogens is 256 g/mol. The van der Waals surface area contributed by atoms with E-state index in [0.29, 0.717) is 0 Å². The molecule has 1 fully saturated rings. The number of rotatable bonds is 3. The topological polar surface area (TPSA) is 49.4 Å². The van der Waals surface area contributed by atoms with Gasteiger partial charge in [0.25, 0.3) is 0 Å². The average molecular weight is 271 g/mol. The van der Waals surface area contributed by atoms with E-state index in [1.165, 1.54) is 0 Å². The van der Waals surface area contributed by atoms with E-state index in [4.69, 9.17) is 0 Å². The van der Waals surface area contributed by atoms with E-state index >= 15 is 0 Å². The van der Waals surface area contributed by atoms with Crippen LogP contribution in [0.25, 0.3) is 0 Å². The van der Waals surface area contributed by atoms with Crippen molar-refractivity contribution in [1.29, 1.82) is 0 Å². The fraction of sp³-hybridized carbons (Fsp3) is 1.00. The molecule has 0 spiro atoms. The van der Waals surface area contributed by atoms with Crippen molar-refractivity contribution < 1.29 is 8.42 Å². The highest BCUT2D eigenvalue weighted by atomic mass is 79.9. The second-order valence-corrected chi connectivity index (χ2v) is 6.48. The van der Waals surface area contributed by atoms with Crippen molar-refractivity contribution in [1.82, 2.24) is 9.62 Å². The number of alkyl halides is 1. The van der Waals surface area contributed by atoms with E-state index in [1.807, 2.05) is 0 Å². The Bertz CT molecular complexity index is 247. The molecule has 0 aliphatic carbocycles. The monoisotopic (exact) mass is 270 g/mol. The first-order valence-electron chi connectivity index (χ1n) is 4.28. The molecule has 0 aromatic rings. The zero-order valence-electron chi connectivity index (χ0n) is 7.66. The van der Waals surface area contributed by atoms with E-state index in [-0.39, 0.29) is 10.7 Å². The number of halogens is 1. The lowest BCUT2D eigenvalue weighted by Gasteiger charge is -2.28. The van der Waals surface area contributed by atoms with Gasteiger partial charge in [0.1, 0.15) is 4.66 Å². The van der Waals surface area contributed by atoms with Gasteiger partial charge in [-0.25, -0.2) is 13.1 Å². The normalized spacial score (nSPS) is 22.0. The number of hydrogen-bond acceptors (Lipinski definition) is 3. The summed E-state index contributed by atoms with van der Waals surface area (Å²) in [6.45, 7) is 1.94. The second kappa shape index (κ2) is 4.72. The van der Waals surface area contributed by atoms with Gasteiger partial charge < -0.3 is 4.90 Å². The number of nitrogens with one attached hydrogen (secondary N) is 1. The Labute approximate surface area is 87.9 Å². The summed E-state index contributed by atoms with van der Waals surface area (Å²) in [5.41, 5.74) is 0. The number of sulfonamides is 1. The fourth-order valence-corrected chi connectivity index (χ4v) is 2.61. The Kier molecular flexibility index (Phi) is 4.15. The van der Waals surface area contributed by atoms with Gasteiger partial charge in [-0.05, 0) is 33.0 Å². The van der Waals surface area contributed by atoms with Crippen molar-refractivity contribution in [2.24, 2.45) is 0 Å². The van der Waals surface area contributed by atoms with Crippen molar-refractivity contribution in [3.8, 4) is 0 Å². The second-order valence-electron chi connectivity index (χ2n) is 3.42. The van der Waals surface area contributed by atoms with Crippen LogP contribution in [0.5, 0.6) is 0 Å². The van der Waals surface area contributed by atoms with E-state index in [1.54, 1.807) is 0 Å². The van der Waals surface area contributed by atoms with Crippen LogP contribution in [-0.2, 0) is 10.0 Å². The highest BCUT2D eigenvalue weighted by molar-refractivity contribution is 9.10. The molecule has 0 aromatic carbocycles. The van der Waals surface area contributed by atoms with Gasteiger partial charge in [0, 0.05) is 6.04 Å². The zero-order chi connectivity index (χ0) is 9.90. The van der Waals surface area contributed by atoms with E-state index in [9.17, 15) is 8.42 Å². The van der Waals surface area contributed by atoms with Crippen LogP contribution in [0.1, 0.15) is 12.8 Å². The minimum atomic E-state index is -3.09. The van der Waals surface area contributed by atoms with Crippen molar-refractivity contribution in [3.63, 3.8) is 0 Å². The van der Waals surface area contributed by atoms with E-state index < -0.39 is 10.0 Å². The van der Waals surface area contributed by atoms with Crippen LogP contribution in [0, 0.1) is 0 Å². The highest BCUT2D eigenvalue weighted by Crippen LogP contribution is 2.09. The van der Waals surface area contributed by atoms with Crippen molar-refractivity contribution in [3.05, 3.63) is 0 Å². The first-order chi connectivity index (χ1) is 6.03. The van der Waals surface area contributed by atoms with Crippen LogP contribution in [-0.4, -0.2) is 44.2 Å². The third-order valence-corrected chi connectivity index (χ3v) is 5.00. The minimum Gasteiger partial charge on any atom is -0.306 e. The van der Waals surface area contributed by atoms with Crippen molar-refractivity contribution in [2.75, 3.05) is 24.8 Å². The molecule has 0 bridgehead atoms. The minimum absolute atomic E-state index is 0.00760. The molecule has 1 rings (SSSR count). The zero-order valence-corrected chi connectivity index (χ0v) is 10.1. The summed E-state index contributed by atoms with van der Waals surface area (Å²) in [5, 5.41) is 0. The van der Waals surface area contributed by atoms with Crippen LogP contribution in [0.15, 0.2) is 0 Å². The van der Waals surface area contributed by atoms with Gasteiger partial charge >= 0.3 is 0 Å². The lowest BCUT2D eigenvalue weighted by molar-refractivity contribution is 0.248. The van der Waals surface area contributed by atoms with Gasteiger partial charge in [0.05, 0.1) is 0 Å². The SMILES string of the molecule is CN1CCC(NS(=O)(=O)CBr)CC1. The standard InChI is InChI=1S/C7H15BrN2O2S/c1-10-4-2-7(3-5-10)9-13(11,12)6-8/h7,9H,2-6H2,1H3. The molecule has 1 saturated heterocycles. The fourth-order valence-electron chi connectivity index (χ4n) is 1.41. The van der Waals surface area contributed by atoms with E-state index in [2.05, 4.69) is 32.6 Å². The van der Waals surface area contributed by atoms with E-state index in [0.717, 1.165) is 25.9 Å². The van der Waals surface area contributed by atoms with Crippen molar-refractivity contribution in [2.45, 2.75) is 18.9 Å². The van der Waals surface area contributed by atoms with Crippen LogP contribution in [0.4, 0.5) is 0 Å². The lowest BCUT2D eigenvalue weighted by atomic mass is 10.1. The first kappa shape index (κ1) is 11.4. The largest absolute Gasteiger partial charge is 0.306 e. The quantitative estimate of drug-likeness (QED) is 0.754. The first-order valence-corrected chi connectivity index (χ1v) is 7.05. The summed E-state index contributed by atoms with van der Waals surface area (Å²) < 4.78 is 25.0. The summed E-state index contributed by atoms with van der Waals surface area (Å²) in [6.07, 6.45) is 1.81. The summed E-state index contributed by atoms with van der Waals surface area (Å²) in [7, 11) is -1.04. The van der Waals surface area contributed by atoms with Gasteiger partial charge in [-0.3, -0.25) is 0 Å². The Hall–Kier alpha value is 0.350. The molecule has 1 aliphatic heterocycles. The molecule has 0 radical (unpaired) electrons. The highest BCUT2D eigenvalue weighted by Gasteiger charge is 2.20. The molecule has 13 heavy (non-hydrogen) atoms. The Balaban J connectivity index is 2.39. The van der Waals surface area contributed by atoms with Crippen LogP contribution in [0.3, 0.4) is 0 Å². The number of likely N-dealkylation sites (tertiary alicyclic amines) is 1. The third-order valence-electron chi connectivity index (χ3n) is 2.21. The summed E-state index contributed by atoms with van der Waals surface area (Å²) >= 11 is 2.95. The Morgan fingerprint density at radius 2 is 2.00 bits per heavy atom. The molecule has 0 atom stereocenters. The maximum atomic E-state index is 11.2. The molecule has 78 valence electrons. The van der Waals surface area contributed by atoms with Gasteiger partial charge in [-0.15, -0.1) is 0 Å². The number of nitrogens with zero attached hydrogens (tertiary/aromatic N) is 1. The van der Waals surface area contributed by atoms with Crippen molar-refractivity contribution >= 4 is 26.0 Å². The van der Waals surface area contributed by atoms with Crippen LogP contribution in [0.2, 0.25) is 0 Å². The molecule has 1 heterocycles. The average Bonchev–Trinajstić information content (AvgIpc) is 2.09. The molecule has 0 amide bonds. The summed E-state index contributed by atoms with van der Waals surface area (Å²) in [5.74, 6) is 0. The number of piperidine rings is 1. The molecule has 1 aliphatic rings. The maximum Gasteiger partial charge on any atom is 0.221 e. The number of hydrogen-bond donors (Lipinski definition) is 1. The maximum absolute atomic E-state index is 11.2. The molecule has 0 aromatic heterocycles.